The summed E-state index contributed by atoms with van der Waals surface area (Å²) in [6, 6.07) is 0. The highest BCUT2D eigenvalue weighted by molar-refractivity contribution is 5.78. The van der Waals surface area contributed by atoms with Gasteiger partial charge in [-0.2, -0.15) is 0 Å². The third-order valence-electron chi connectivity index (χ3n) is 2.89. The minimum atomic E-state index is 0.279. The van der Waals surface area contributed by atoms with Gasteiger partial charge in [0.25, 0.3) is 0 Å². The summed E-state index contributed by atoms with van der Waals surface area (Å²) in [5.41, 5.74) is 6.05. The van der Waals surface area contributed by atoms with E-state index in [2.05, 4.69) is 24.2 Å². The predicted molar refractivity (Wildman–Crippen MR) is 56.8 cm³/mol. The highest BCUT2D eigenvalue weighted by atomic mass is 15.1. The Bertz CT molecular complexity index is 177. The second kappa shape index (κ2) is 4.49. The van der Waals surface area contributed by atoms with Crippen LogP contribution in [0.3, 0.4) is 0 Å². The molecule has 1 aliphatic carbocycles. The third kappa shape index (κ3) is 2.61. The van der Waals surface area contributed by atoms with Crippen molar-refractivity contribution in [3.63, 3.8) is 0 Å². The SMILES string of the molecule is CCCN=C(N)NC1(CC)CCC1. The summed E-state index contributed by atoms with van der Waals surface area (Å²) >= 11 is 0. The standard InChI is InChI=1S/C10H21N3/c1-3-8-12-9(11)13-10(4-2)6-5-7-10/h3-8H2,1-2H3,(H3,11,12,13). The van der Waals surface area contributed by atoms with Crippen molar-refractivity contribution in [3.05, 3.63) is 0 Å². The minimum Gasteiger partial charge on any atom is -0.370 e. The first-order valence-electron chi connectivity index (χ1n) is 5.30. The molecule has 0 heterocycles. The molecule has 1 saturated carbocycles. The second-order valence-corrected chi connectivity index (χ2v) is 3.88. The van der Waals surface area contributed by atoms with Gasteiger partial charge in [-0.15, -0.1) is 0 Å². The smallest absolute Gasteiger partial charge is 0.189 e. The zero-order valence-corrected chi connectivity index (χ0v) is 8.77. The summed E-state index contributed by atoms with van der Waals surface area (Å²) in [6.45, 7) is 5.15. The van der Waals surface area contributed by atoms with Crippen LogP contribution in [0.5, 0.6) is 0 Å². The quantitative estimate of drug-likeness (QED) is 0.514. The molecular formula is C10H21N3. The summed E-state index contributed by atoms with van der Waals surface area (Å²) in [6.07, 6.45) is 6.01. The number of nitrogens with zero attached hydrogens (tertiary/aromatic N) is 1. The van der Waals surface area contributed by atoms with Crippen LogP contribution in [0.1, 0.15) is 46.0 Å². The normalized spacial score (nSPS) is 20.9. The number of nitrogens with two attached hydrogens (primary N) is 1. The Morgan fingerprint density at radius 3 is 2.54 bits per heavy atom. The van der Waals surface area contributed by atoms with E-state index < -0.39 is 0 Å². The van der Waals surface area contributed by atoms with Gasteiger partial charge in [-0.1, -0.05) is 13.8 Å². The van der Waals surface area contributed by atoms with Crippen molar-refractivity contribution >= 4 is 5.96 Å². The van der Waals surface area contributed by atoms with E-state index in [4.69, 9.17) is 5.73 Å². The lowest BCUT2D eigenvalue weighted by atomic mass is 9.75. The number of hydrogen-bond acceptors (Lipinski definition) is 1. The molecule has 3 nitrogen and oxygen atoms in total. The molecule has 1 fully saturated rings. The van der Waals surface area contributed by atoms with E-state index in [0.29, 0.717) is 5.96 Å². The van der Waals surface area contributed by atoms with Crippen LogP contribution < -0.4 is 11.1 Å². The molecule has 0 unspecified atom stereocenters. The molecule has 76 valence electrons. The third-order valence-corrected chi connectivity index (χ3v) is 2.89. The van der Waals surface area contributed by atoms with Crippen LogP contribution in [0, 0.1) is 0 Å². The molecule has 1 aliphatic rings. The molecule has 0 radical (unpaired) electrons. The molecule has 13 heavy (non-hydrogen) atoms. The average molecular weight is 183 g/mol. The van der Waals surface area contributed by atoms with E-state index in [0.717, 1.165) is 19.4 Å². The second-order valence-electron chi connectivity index (χ2n) is 3.88. The van der Waals surface area contributed by atoms with E-state index in [-0.39, 0.29) is 5.54 Å². The summed E-state index contributed by atoms with van der Waals surface area (Å²) in [7, 11) is 0. The van der Waals surface area contributed by atoms with Crippen LogP contribution in [-0.2, 0) is 0 Å². The Morgan fingerprint density at radius 2 is 2.15 bits per heavy atom. The Hall–Kier alpha value is -0.730. The molecule has 0 aromatic heterocycles. The van der Waals surface area contributed by atoms with Crippen molar-refractivity contribution in [2.45, 2.75) is 51.5 Å². The lowest BCUT2D eigenvalue weighted by Gasteiger charge is -2.42. The van der Waals surface area contributed by atoms with Crippen molar-refractivity contribution < 1.29 is 0 Å². The van der Waals surface area contributed by atoms with Gasteiger partial charge in [0.15, 0.2) is 5.96 Å². The summed E-state index contributed by atoms with van der Waals surface area (Å²) in [5, 5.41) is 3.34. The first kappa shape index (κ1) is 10.4. The predicted octanol–water partition coefficient (Wildman–Crippen LogP) is 1.63. The van der Waals surface area contributed by atoms with Crippen LogP contribution in [0.2, 0.25) is 0 Å². The molecule has 0 amide bonds. The van der Waals surface area contributed by atoms with Gasteiger partial charge >= 0.3 is 0 Å². The van der Waals surface area contributed by atoms with Gasteiger partial charge in [0.1, 0.15) is 0 Å². The Kier molecular flexibility index (Phi) is 3.58. The van der Waals surface area contributed by atoms with Gasteiger partial charge in [0, 0.05) is 12.1 Å². The number of nitrogens with one attached hydrogen (secondary N) is 1. The monoisotopic (exact) mass is 183 g/mol. The number of rotatable bonds is 4. The van der Waals surface area contributed by atoms with Gasteiger partial charge < -0.3 is 11.1 Å². The number of hydrogen-bond donors (Lipinski definition) is 2. The summed E-state index contributed by atoms with van der Waals surface area (Å²) in [5.74, 6) is 0.628. The van der Waals surface area contributed by atoms with Gasteiger partial charge in [0.05, 0.1) is 0 Å². The summed E-state index contributed by atoms with van der Waals surface area (Å²) in [4.78, 5) is 4.24. The zero-order valence-electron chi connectivity index (χ0n) is 8.77. The van der Waals surface area contributed by atoms with Crippen LogP contribution in [0.4, 0.5) is 0 Å². The molecule has 3 N–H and O–H groups in total. The Morgan fingerprint density at radius 1 is 1.46 bits per heavy atom. The van der Waals surface area contributed by atoms with E-state index in [1.54, 1.807) is 0 Å². The maximum Gasteiger partial charge on any atom is 0.189 e. The Balaban J connectivity index is 2.37. The van der Waals surface area contributed by atoms with Gasteiger partial charge in [0.2, 0.25) is 0 Å². The molecule has 0 spiro atoms. The topological polar surface area (TPSA) is 50.4 Å². The molecule has 0 aliphatic heterocycles. The lowest BCUT2D eigenvalue weighted by molar-refractivity contribution is 0.209. The first-order valence-corrected chi connectivity index (χ1v) is 5.30. The molecule has 1 rings (SSSR count). The largest absolute Gasteiger partial charge is 0.370 e. The van der Waals surface area contributed by atoms with E-state index >= 15 is 0 Å². The zero-order chi connectivity index (χ0) is 9.73. The molecule has 0 saturated heterocycles. The van der Waals surface area contributed by atoms with Gasteiger partial charge in [-0.3, -0.25) is 4.99 Å². The van der Waals surface area contributed by atoms with Crippen molar-refractivity contribution in [1.29, 1.82) is 0 Å². The maximum atomic E-state index is 5.77. The summed E-state index contributed by atoms with van der Waals surface area (Å²) < 4.78 is 0. The van der Waals surface area contributed by atoms with E-state index in [1.807, 2.05) is 0 Å². The highest BCUT2D eigenvalue weighted by Crippen LogP contribution is 2.34. The van der Waals surface area contributed by atoms with E-state index in [1.165, 1.54) is 19.3 Å². The fraction of sp³-hybridized carbons (Fsp3) is 0.900. The lowest BCUT2D eigenvalue weighted by Crippen LogP contribution is -2.55. The van der Waals surface area contributed by atoms with Crippen molar-refractivity contribution in [1.82, 2.24) is 5.32 Å². The number of aliphatic imine (C=N–C) groups is 1. The van der Waals surface area contributed by atoms with E-state index in [9.17, 15) is 0 Å². The Labute approximate surface area is 80.8 Å². The van der Waals surface area contributed by atoms with Crippen molar-refractivity contribution in [2.24, 2.45) is 10.7 Å². The average Bonchev–Trinajstić information content (AvgIpc) is 2.08. The fourth-order valence-corrected chi connectivity index (χ4v) is 1.71. The molecule has 0 aromatic carbocycles. The first-order chi connectivity index (χ1) is 6.22. The van der Waals surface area contributed by atoms with Crippen LogP contribution in [-0.4, -0.2) is 18.0 Å². The minimum absolute atomic E-state index is 0.279. The molecule has 3 heteroatoms. The molecule has 0 aromatic rings. The van der Waals surface area contributed by atoms with Crippen LogP contribution in [0.25, 0.3) is 0 Å². The highest BCUT2D eigenvalue weighted by Gasteiger charge is 2.35. The molecule has 0 atom stereocenters. The molecular weight excluding hydrogens is 162 g/mol. The maximum absolute atomic E-state index is 5.77. The van der Waals surface area contributed by atoms with Crippen molar-refractivity contribution in [2.75, 3.05) is 6.54 Å². The molecule has 0 bridgehead atoms. The van der Waals surface area contributed by atoms with Gasteiger partial charge in [-0.05, 0) is 32.1 Å². The number of guanidine groups is 1. The van der Waals surface area contributed by atoms with Gasteiger partial charge in [-0.25, -0.2) is 0 Å². The van der Waals surface area contributed by atoms with Crippen LogP contribution in [0.15, 0.2) is 4.99 Å². The van der Waals surface area contributed by atoms with Crippen LogP contribution >= 0.6 is 0 Å². The van der Waals surface area contributed by atoms with Crippen molar-refractivity contribution in [3.8, 4) is 0 Å². The fourth-order valence-electron chi connectivity index (χ4n) is 1.71.